The SMILES string of the molecule is CCOc1ccccc1N1CCN(C(=O)Cc2csc(NC(=O)CN(C(=O)c3ccc(F)cc3)C3CC3)n2)CC1. The lowest BCUT2D eigenvalue weighted by molar-refractivity contribution is -0.130. The molecule has 5 rings (SSSR count). The van der Waals surface area contributed by atoms with Gasteiger partial charge in [-0.1, -0.05) is 12.1 Å². The number of para-hydroxylation sites is 2. The Hall–Kier alpha value is -3.99. The minimum absolute atomic E-state index is 0.000831. The summed E-state index contributed by atoms with van der Waals surface area (Å²) in [6.07, 6.45) is 1.81. The fourth-order valence-electron chi connectivity index (χ4n) is 4.73. The number of carbonyl (C=O) groups excluding carboxylic acids is 3. The Bertz CT molecular complexity index is 1350. The predicted octanol–water partition coefficient (Wildman–Crippen LogP) is 3.82. The maximum absolute atomic E-state index is 13.3. The van der Waals surface area contributed by atoms with E-state index < -0.39 is 5.82 Å². The third kappa shape index (κ3) is 6.77. The number of ether oxygens (including phenoxy) is 1. The summed E-state index contributed by atoms with van der Waals surface area (Å²) >= 11 is 1.25. The molecule has 0 atom stereocenters. The van der Waals surface area contributed by atoms with Gasteiger partial charge >= 0.3 is 0 Å². The minimum Gasteiger partial charge on any atom is -0.492 e. The summed E-state index contributed by atoms with van der Waals surface area (Å²) in [7, 11) is 0. The molecule has 0 spiro atoms. The first-order valence-electron chi connectivity index (χ1n) is 13.5. The fourth-order valence-corrected chi connectivity index (χ4v) is 5.46. The summed E-state index contributed by atoms with van der Waals surface area (Å²) in [6, 6.07) is 13.3. The molecule has 2 fully saturated rings. The summed E-state index contributed by atoms with van der Waals surface area (Å²) in [5.41, 5.74) is 1.97. The van der Waals surface area contributed by atoms with Gasteiger partial charge in [-0.2, -0.15) is 0 Å². The van der Waals surface area contributed by atoms with Crippen LogP contribution in [0, 0.1) is 5.82 Å². The van der Waals surface area contributed by atoms with E-state index in [9.17, 15) is 18.8 Å². The van der Waals surface area contributed by atoms with Crippen LogP contribution >= 0.6 is 11.3 Å². The van der Waals surface area contributed by atoms with E-state index in [1.807, 2.05) is 36.1 Å². The van der Waals surface area contributed by atoms with Crippen molar-refractivity contribution in [2.75, 3.05) is 49.5 Å². The molecule has 1 aromatic heterocycles. The lowest BCUT2D eigenvalue weighted by atomic mass is 10.2. The molecule has 1 aliphatic carbocycles. The largest absolute Gasteiger partial charge is 0.492 e. The zero-order chi connectivity index (χ0) is 28.1. The Balaban J connectivity index is 1.11. The van der Waals surface area contributed by atoms with Crippen molar-refractivity contribution >= 4 is 39.9 Å². The van der Waals surface area contributed by atoms with E-state index in [1.165, 1.54) is 40.5 Å². The van der Waals surface area contributed by atoms with Crippen molar-refractivity contribution in [3.05, 3.63) is 71.0 Å². The second kappa shape index (κ2) is 12.5. The summed E-state index contributed by atoms with van der Waals surface area (Å²) in [6.45, 7) is 5.06. The van der Waals surface area contributed by atoms with Crippen LogP contribution in [-0.2, 0) is 16.0 Å². The van der Waals surface area contributed by atoms with Crippen LogP contribution in [0.1, 0.15) is 35.8 Å². The van der Waals surface area contributed by atoms with Gasteiger partial charge in [-0.05, 0) is 56.2 Å². The van der Waals surface area contributed by atoms with E-state index in [1.54, 1.807) is 5.38 Å². The molecule has 210 valence electrons. The van der Waals surface area contributed by atoms with Crippen LogP contribution in [0.25, 0.3) is 0 Å². The third-order valence-electron chi connectivity index (χ3n) is 6.92. The number of carbonyl (C=O) groups is 3. The third-order valence-corrected chi connectivity index (χ3v) is 7.73. The van der Waals surface area contributed by atoms with E-state index >= 15 is 0 Å². The van der Waals surface area contributed by atoms with Gasteiger partial charge in [-0.25, -0.2) is 9.37 Å². The molecule has 2 aromatic carbocycles. The second-order valence-electron chi connectivity index (χ2n) is 9.81. The Morgan fingerprint density at radius 2 is 1.80 bits per heavy atom. The average Bonchev–Trinajstić information content (AvgIpc) is 3.72. The molecule has 0 unspecified atom stereocenters. The van der Waals surface area contributed by atoms with Gasteiger partial charge in [0, 0.05) is 43.2 Å². The number of hydrogen-bond acceptors (Lipinski definition) is 7. The molecule has 1 saturated heterocycles. The second-order valence-corrected chi connectivity index (χ2v) is 10.7. The lowest BCUT2D eigenvalue weighted by Crippen LogP contribution is -2.49. The number of aromatic nitrogens is 1. The highest BCUT2D eigenvalue weighted by molar-refractivity contribution is 7.13. The maximum atomic E-state index is 13.3. The van der Waals surface area contributed by atoms with Crippen molar-refractivity contribution in [2.24, 2.45) is 0 Å². The first-order chi connectivity index (χ1) is 19.4. The molecule has 1 aliphatic heterocycles. The van der Waals surface area contributed by atoms with E-state index in [0.29, 0.717) is 49.2 Å². The van der Waals surface area contributed by atoms with Crippen molar-refractivity contribution in [1.82, 2.24) is 14.8 Å². The number of anilines is 2. The molecule has 3 aromatic rings. The highest BCUT2D eigenvalue weighted by Crippen LogP contribution is 2.30. The minimum atomic E-state index is -0.420. The number of piperazine rings is 1. The van der Waals surface area contributed by atoms with E-state index in [-0.39, 0.29) is 36.7 Å². The van der Waals surface area contributed by atoms with Crippen LogP contribution in [0.15, 0.2) is 53.9 Å². The van der Waals surface area contributed by atoms with Crippen molar-refractivity contribution in [3.8, 4) is 5.75 Å². The Kier molecular flexibility index (Phi) is 8.59. The predicted molar refractivity (Wildman–Crippen MR) is 151 cm³/mol. The molecule has 0 bridgehead atoms. The Morgan fingerprint density at radius 1 is 1.07 bits per heavy atom. The standard InChI is InChI=1S/C29H32FN5O4S/c1-2-39-25-6-4-3-5-24(25)33-13-15-34(16-14-33)27(37)17-22-19-40-29(31-22)32-26(36)18-35(23-11-12-23)28(38)20-7-9-21(30)10-8-20/h3-10,19,23H,2,11-18H2,1H3,(H,31,32,36). The molecule has 1 saturated carbocycles. The monoisotopic (exact) mass is 565 g/mol. The quantitative estimate of drug-likeness (QED) is 0.402. The van der Waals surface area contributed by atoms with Crippen LogP contribution in [0.3, 0.4) is 0 Å². The van der Waals surface area contributed by atoms with Gasteiger partial charge < -0.3 is 24.8 Å². The topological polar surface area (TPSA) is 95.1 Å². The van der Waals surface area contributed by atoms with E-state index in [0.717, 1.165) is 24.3 Å². The number of rotatable bonds is 10. The van der Waals surface area contributed by atoms with Gasteiger partial charge in [0.1, 0.15) is 18.1 Å². The number of amides is 3. The number of hydrogen-bond donors (Lipinski definition) is 1. The number of nitrogens with zero attached hydrogens (tertiary/aromatic N) is 4. The first kappa shape index (κ1) is 27.6. The van der Waals surface area contributed by atoms with Crippen molar-refractivity contribution in [2.45, 2.75) is 32.2 Å². The van der Waals surface area contributed by atoms with Gasteiger partial charge in [-0.15, -0.1) is 11.3 Å². The number of halogens is 1. The molecular weight excluding hydrogens is 533 g/mol. The zero-order valence-corrected chi connectivity index (χ0v) is 23.2. The Labute approximate surface area is 236 Å². The number of nitrogens with one attached hydrogen (secondary N) is 1. The molecular formula is C29H32FN5O4S. The lowest BCUT2D eigenvalue weighted by Gasteiger charge is -2.36. The molecule has 2 heterocycles. The molecule has 3 amide bonds. The van der Waals surface area contributed by atoms with Gasteiger partial charge in [0.25, 0.3) is 5.91 Å². The van der Waals surface area contributed by atoms with Crippen molar-refractivity contribution in [3.63, 3.8) is 0 Å². The zero-order valence-electron chi connectivity index (χ0n) is 22.3. The highest BCUT2D eigenvalue weighted by atomic mass is 32.1. The molecule has 2 aliphatic rings. The maximum Gasteiger partial charge on any atom is 0.254 e. The summed E-state index contributed by atoms with van der Waals surface area (Å²) < 4.78 is 19.0. The smallest absolute Gasteiger partial charge is 0.254 e. The summed E-state index contributed by atoms with van der Waals surface area (Å²) in [5, 5.41) is 4.91. The molecule has 1 N–H and O–H groups in total. The van der Waals surface area contributed by atoms with Gasteiger partial charge in [0.2, 0.25) is 11.8 Å². The molecule has 0 radical (unpaired) electrons. The Morgan fingerprint density at radius 3 is 2.50 bits per heavy atom. The van der Waals surface area contributed by atoms with Gasteiger partial charge in [0.05, 0.1) is 24.4 Å². The first-order valence-corrected chi connectivity index (χ1v) is 14.3. The highest BCUT2D eigenvalue weighted by Gasteiger charge is 2.34. The van der Waals surface area contributed by atoms with Crippen LogP contribution in [0.5, 0.6) is 5.75 Å². The molecule has 40 heavy (non-hydrogen) atoms. The van der Waals surface area contributed by atoms with Gasteiger partial charge in [0.15, 0.2) is 5.13 Å². The van der Waals surface area contributed by atoms with Crippen molar-refractivity contribution in [1.29, 1.82) is 0 Å². The molecule has 9 nitrogen and oxygen atoms in total. The van der Waals surface area contributed by atoms with Crippen molar-refractivity contribution < 1.29 is 23.5 Å². The number of benzene rings is 2. The summed E-state index contributed by atoms with van der Waals surface area (Å²) in [4.78, 5) is 48.6. The fraction of sp³-hybridized carbons (Fsp3) is 0.379. The average molecular weight is 566 g/mol. The van der Waals surface area contributed by atoms with Crippen LogP contribution in [-0.4, -0.2) is 77.9 Å². The number of thiazole rings is 1. The van der Waals surface area contributed by atoms with Crippen LogP contribution < -0.4 is 15.0 Å². The normalized spacial score (nSPS) is 15.1. The van der Waals surface area contributed by atoms with E-state index in [4.69, 9.17) is 4.74 Å². The van der Waals surface area contributed by atoms with Crippen LogP contribution in [0.2, 0.25) is 0 Å². The van der Waals surface area contributed by atoms with Gasteiger partial charge in [-0.3, -0.25) is 14.4 Å². The molecule has 11 heteroatoms. The van der Waals surface area contributed by atoms with Crippen LogP contribution in [0.4, 0.5) is 15.2 Å². The summed E-state index contributed by atoms with van der Waals surface area (Å²) in [5.74, 6) is -0.244. The van der Waals surface area contributed by atoms with E-state index in [2.05, 4.69) is 15.2 Å².